The fourth-order valence-corrected chi connectivity index (χ4v) is 4.33. The van der Waals surface area contributed by atoms with Gasteiger partial charge in [-0.05, 0) is 54.9 Å². The maximum Gasteiger partial charge on any atom is 0.192 e. The molecule has 2 aromatic rings. The van der Waals surface area contributed by atoms with Gasteiger partial charge in [0.05, 0.1) is 13.2 Å². The minimum Gasteiger partial charge on any atom is -0.380 e. The van der Waals surface area contributed by atoms with Crippen LogP contribution in [0, 0.1) is 6.92 Å². The van der Waals surface area contributed by atoms with Gasteiger partial charge in [-0.2, -0.15) is 0 Å². The number of benzene rings is 2. The van der Waals surface area contributed by atoms with Gasteiger partial charge in [-0.1, -0.05) is 55.8 Å². The summed E-state index contributed by atoms with van der Waals surface area (Å²) >= 11 is 0. The van der Waals surface area contributed by atoms with Gasteiger partial charge in [-0.3, -0.25) is 0 Å². The quantitative estimate of drug-likeness (QED) is 0.863. The molecule has 1 atom stereocenters. The second-order valence-corrected chi connectivity index (χ2v) is 8.51. The van der Waals surface area contributed by atoms with Gasteiger partial charge in [-0.15, -0.1) is 0 Å². The van der Waals surface area contributed by atoms with E-state index in [2.05, 4.69) is 51.1 Å². The minimum absolute atomic E-state index is 0.0308. The molecule has 1 aliphatic heterocycles. The Morgan fingerprint density at radius 2 is 1.42 bits per heavy atom. The zero-order valence-electron chi connectivity index (χ0n) is 16.1. The Labute approximate surface area is 156 Å². The van der Waals surface area contributed by atoms with Crippen LogP contribution < -0.4 is 0 Å². The van der Waals surface area contributed by atoms with E-state index in [1.807, 2.05) is 19.1 Å². The van der Waals surface area contributed by atoms with Crippen LogP contribution in [0.25, 0.3) is 0 Å². The van der Waals surface area contributed by atoms with Crippen molar-refractivity contribution in [2.24, 2.45) is 0 Å². The van der Waals surface area contributed by atoms with E-state index in [1.54, 1.807) is 0 Å². The summed E-state index contributed by atoms with van der Waals surface area (Å²) in [5, 5.41) is 11.8. The lowest BCUT2D eigenvalue weighted by molar-refractivity contribution is -0.149. The van der Waals surface area contributed by atoms with Crippen LogP contribution in [-0.4, -0.2) is 18.3 Å². The SMILES string of the molecule is Cc1ccc(C2(O)CCC(C)(C)c3ccc(C4(C)OCCO4)cc32)cc1. The van der Waals surface area contributed by atoms with Crippen LogP contribution in [0.4, 0.5) is 0 Å². The highest BCUT2D eigenvalue weighted by atomic mass is 16.7. The number of aryl methyl sites for hydroxylation is 1. The van der Waals surface area contributed by atoms with Crippen molar-refractivity contribution in [3.8, 4) is 0 Å². The summed E-state index contributed by atoms with van der Waals surface area (Å²) in [5.41, 5.74) is 4.36. The molecule has 1 unspecified atom stereocenters. The van der Waals surface area contributed by atoms with Crippen LogP contribution in [0.3, 0.4) is 0 Å². The van der Waals surface area contributed by atoms with E-state index in [-0.39, 0.29) is 5.41 Å². The highest BCUT2D eigenvalue weighted by Gasteiger charge is 2.44. The van der Waals surface area contributed by atoms with Gasteiger partial charge >= 0.3 is 0 Å². The summed E-state index contributed by atoms with van der Waals surface area (Å²) < 4.78 is 11.7. The van der Waals surface area contributed by atoms with Crippen molar-refractivity contribution in [3.05, 3.63) is 70.3 Å². The molecular weight excluding hydrogens is 324 g/mol. The van der Waals surface area contributed by atoms with Crippen LogP contribution in [0.1, 0.15) is 61.4 Å². The smallest absolute Gasteiger partial charge is 0.192 e. The first-order valence-corrected chi connectivity index (χ1v) is 9.48. The molecule has 1 saturated heterocycles. The Morgan fingerprint density at radius 1 is 0.808 bits per heavy atom. The molecule has 2 aliphatic rings. The molecule has 0 amide bonds. The average Bonchev–Trinajstić information content (AvgIpc) is 3.07. The molecule has 0 radical (unpaired) electrons. The Hall–Kier alpha value is -1.68. The number of hydrogen-bond donors (Lipinski definition) is 1. The molecule has 1 fully saturated rings. The summed E-state index contributed by atoms with van der Waals surface area (Å²) in [6.45, 7) is 9.73. The topological polar surface area (TPSA) is 38.7 Å². The largest absolute Gasteiger partial charge is 0.380 e. The standard InChI is InChI=1S/C23H28O3/c1-16-5-7-17(8-6-16)23(24)12-11-21(2,3)19-10-9-18(15-20(19)23)22(4)25-13-14-26-22/h5-10,15,24H,11-14H2,1-4H3. The van der Waals surface area contributed by atoms with Crippen molar-refractivity contribution in [1.82, 2.24) is 0 Å². The first kappa shape index (κ1) is 17.7. The zero-order chi connectivity index (χ0) is 18.6. The van der Waals surface area contributed by atoms with Crippen molar-refractivity contribution in [3.63, 3.8) is 0 Å². The van der Waals surface area contributed by atoms with E-state index in [1.165, 1.54) is 11.1 Å². The number of hydrogen-bond acceptors (Lipinski definition) is 3. The Morgan fingerprint density at radius 3 is 2.08 bits per heavy atom. The van der Waals surface area contributed by atoms with E-state index < -0.39 is 11.4 Å². The van der Waals surface area contributed by atoms with E-state index in [4.69, 9.17) is 9.47 Å². The maximum absolute atomic E-state index is 11.8. The molecule has 1 aliphatic carbocycles. The molecule has 3 nitrogen and oxygen atoms in total. The van der Waals surface area contributed by atoms with E-state index in [0.29, 0.717) is 19.6 Å². The highest BCUT2D eigenvalue weighted by Crippen LogP contribution is 2.49. The highest BCUT2D eigenvalue weighted by molar-refractivity contribution is 5.49. The second-order valence-electron chi connectivity index (χ2n) is 8.51. The van der Waals surface area contributed by atoms with Crippen LogP contribution in [0.5, 0.6) is 0 Å². The van der Waals surface area contributed by atoms with Crippen molar-refractivity contribution in [1.29, 1.82) is 0 Å². The molecule has 3 heteroatoms. The summed E-state index contributed by atoms with van der Waals surface area (Å²) in [4.78, 5) is 0. The predicted octanol–water partition coefficient (Wildman–Crippen LogP) is 4.52. The predicted molar refractivity (Wildman–Crippen MR) is 102 cm³/mol. The molecule has 0 saturated carbocycles. The Kier molecular flexibility index (Phi) is 4.03. The van der Waals surface area contributed by atoms with E-state index in [0.717, 1.165) is 23.1 Å². The monoisotopic (exact) mass is 352 g/mol. The zero-order valence-corrected chi connectivity index (χ0v) is 16.1. The van der Waals surface area contributed by atoms with Crippen molar-refractivity contribution in [2.45, 2.75) is 57.3 Å². The molecule has 1 heterocycles. The number of ether oxygens (including phenoxy) is 2. The summed E-state index contributed by atoms with van der Waals surface area (Å²) in [7, 11) is 0. The lowest BCUT2D eigenvalue weighted by Gasteiger charge is -2.43. The molecule has 26 heavy (non-hydrogen) atoms. The lowest BCUT2D eigenvalue weighted by atomic mass is 9.64. The summed E-state index contributed by atoms with van der Waals surface area (Å²) in [5.74, 6) is -0.731. The van der Waals surface area contributed by atoms with E-state index >= 15 is 0 Å². The number of rotatable bonds is 2. The summed E-state index contributed by atoms with van der Waals surface area (Å²) in [6.07, 6.45) is 1.64. The number of fused-ring (bicyclic) bond motifs is 1. The third kappa shape index (κ3) is 2.70. The average molecular weight is 352 g/mol. The molecule has 1 N–H and O–H groups in total. The third-order valence-electron chi connectivity index (χ3n) is 6.20. The first-order chi connectivity index (χ1) is 12.2. The first-order valence-electron chi connectivity index (χ1n) is 9.48. The maximum atomic E-state index is 11.8. The second kappa shape index (κ2) is 5.91. The normalized spacial score (nSPS) is 26.5. The molecule has 0 spiro atoms. The van der Waals surface area contributed by atoms with Gasteiger partial charge in [0.2, 0.25) is 0 Å². The summed E-state index contributed by atoms with van der Waals surface area (Å²) in [6, 6.07) is 14.6. The van der Waals surface area contributed by atoms with Gasteiger partial charge in [0, 0.05) is 5.56 Å². The van der Waals surface area contributed by atoms with Gasteiger partial charge < -0.3 is 14.6 Å². The molecular formula is C23H28O3. The fraction of sp³-hybridized carbons (Fsp3) is 0.478. The van der Waals surface area contributed by atoms with Crippen molar-refractivity contribution in [2.75, 3.05) is 13.2 Å². The molecule has 138 valence electrons. The van der Waals surface area contributed by atoms with Gasteiger partial charge in [0.15, 0.2) is 5.79 Å². The van der Waals surface area contributed by atoms with Gasteiger partial charge in [-0.25, -0.2) is 0 Å². The molecule has 0 bridgehead atoms. The van der Waals surface area contributed by atoms with Crippen LogP contribution in [0.2, 0.25) is 0 Å². The molecule has 0 aromatic heterocycles. The van der Waals surface area contributed by atoms with E-state index in [9.17, 15) is 5.11 Å². The van der Waals surface area contributed by atoms with Crippen molar-refractivity contribution < 1.29 is 14.6 Å². The number of aliphatic hydroxyl groups is 1. The fourth-order valence-electron chi connectivity index (χ4n) is 4.33. The van der Waals surface area contributed by atoms with Gasteiger partial charge in [0.25, 0.3) is 0 Å². The molecule has 2 aromatic carbocycles. The minimum atomic E-state index is -0.983. The van der Waals surface area contributed by atoms with Crippen LogP contribution in [-0.2, 0) is 26.3 Å². The van der Waals surface area contributed by atoms with Crippen LogP contribution in [0.15, 0.2) is 42.5 Å². The third-order valence-corrected chi connectivity index (χ3v) is 6.20. The van der Waals surface area contributed by atoms with Crippen LogP contribution >= 0.6 is 0 Å². The van der Waals surface area contributed by atoms with Crippen molar-refractivity contribution >= 4 is 0 Å². The molecule has 4 rings (SSSR count). The Bertz CT molecular complexity index is 816. The van der Waals surface area contributed by atoms with Gasteiger partial charge in [0.1, 0.15) is 5.60 Å². The Balaban J connectivity index is 1.89. The lowest BCUT2D eigenvalue weighted by Crippen LogP contribution is -2.39.